The Hall–Kier alpha value is -3.59. The van der Waals surface area contributed by atoms with Crippen molar-refractivity contribution in [1.82, 2.24) is 4.90 Å². The van der Waals surface area contributed by atoms with Gasteiger partial charge in [-0.05, 0) is 58.7 Å². The van der Waals surface area contributed by atoms with Crippen LogP contribution in [0.5, 0.6) is 5.75 Å². The first-order chi connectivity index (χ1) is 21.9. The Morgan fingerprint density at radius 1 is 0.689 bits per heavy atom. The van der Waals surface area contributed by atoms with Crippen LogP contribution in [0, 0.1) is 0 Å². The summed E-state index contributed by atoms with van der Waals surface area (Å²) in [5, 5.41) is 11.2. The molecule has 0 bridgehead atoms. The molecule has 4 aromatic rings. The number of piperidine rings is 1. The number of ether oxygens (including phenoxy) is 4. The maximum atomic E-state index is 12.2. The highest BCUT2D eigenvalue weighted by Gasteiger charge is 2.41. The van der Waals surface area contributed by atoms with Gasteiger partial charge in [0.1, 0.15) is 5.75 Å². The standard InChI is InChI=1S/C36H37Cl2NO6/c37-30-13-7-27(8-14-30)24-44-33-21-39(36(40)41)22-34(45-25-28-9-15-31(38)16-10-28)35(33)29-11-17-32(18-12-29)43-20-4-19-42-23-26-5-2-1-3-6-26/h1-3,5-18,33-35H,4,19-25H2,(H,40,41). The third kappa shape index (κ3) is 9.95. The Morgan fingerprint density at radius 3 is 1.76 bits per heavy atom. The normalized spacial score (nSPS) is 18.1. The van der Waals surface area contributed by atoms with Crippen molar-refractivity contribution >= 4 is 29.3 Å². The fraction of sp³-hybridized carbons (Fsp3) is 0.306. The molecule has 1 amide bonds. The van der Waals surface area contributed by atoms with Crippen molar-refractivity contribution in [2.45, 2.75) is 44.4 Å². The van der Waals surface area contributed by atoms with Gasteiger partial charge in [-0.25, -0.2) is 4.79 Å². The largest absolute Gasteiger partial charge is 0.494 e. The summed E-state index contributed by atoms with van der Waals surface area (Å²) in [5.74, 6) is 0.530. The van der Waals surface area contributed by atoms with Gasteiger partial charge in [-0.3, -0.25) is 0 Å². The van der Waals surface area contributed by atoms with E-state index in [0.29, 0.717) is 43.1 Å². The first kappa shape index (κ1) is 32.8. The maximum absolute atomic E-state index is 12.2. The molecule has 0 spiro atoms. The zero-order chi connectivity index (χ0) is 31.4. The number of nitrogens with zero attached hydrogens (tertiary/aromatic N) is 1. The van der Waals surface area contributed by atoms with Crippen molar-refractivity contribution in [3.05, 3.63) is 135 Å². The van der Waals surface area contributed by atoms with Gasteiger partial charge in [0.25, 0.3) is 0 Å². The van der Waals surface area contributed by atoms with E-state index in [2.05, 4.69) is 0 Å². The van der Waals surface area contributed by atoms with E-state index < -0.39 is 18.3 Å². The Morgan fingerprint density at radius 2 is 1.22 bits per heavy atom. The quantitative estimate of drug-likeness (QED) is 0.139. The lowest BCUT2D eigenvalue weighted by Crippen LogP contribution is -2.54. The number of hydrogen-bond donors (Lipinski definition) is 1. The first-order valence-electron chi connectivity index (χ1n) is 15.0. The fourth-order valence-corrected chi connectivity index (χ4v) is 5.60. The van der Waals surface area contributed by atoms with Crippen LogP contribution in [0.1, 0.15) is 34.6 Å². The second-order valence-electron chi connectivity index (χ2n) is 11.0. The summed E-state index contributed by atoms with van der Waals surface area (Å²) in [6.45, 7) is 2.77. The fourth-order valence-electron chi connectivity index (χ4n) is 5.34. The van der Waals surface area contributed by atoms with Crippen LogP contribution in [-0.4, -0.2) is 54.6 Å². The Labute approximate surface area is 274 Å². The summed E-state index contributed by atoms with van der Waals surface area (Å²) in [4.78, 5) is 13.5. The second-order valence-corrected chi connectivity index (χ2v) is 11.8. The van der Waals surface area contributed by atoms with Crippen LogP contribution in [-0.2, 0) is 34.0 Å². The predicted octanol–water partition coefficient (Wildman–Crippen LogP) is 8.23. The molecule has 1 fully saturated rings. The van der Waals surface area contributed by atoms with Gasteiger partial charge >= 0.3 is 6.09 Å². The number of benzene rings is 4. The van der Waals surface area contributed by atoms with Crippen LogP contribution in [0.2, 0.25) is 10.0 Å². The molecule has 1 heterocycles. The van der Waals surface area contributed by atoms with Gasteiger partial charge in [0.15, 0.2) is 0 Å². The van der Waals surface area contributed by atoms with Gasteiger partial charge in [0.05, 0.1) is 58.3 Å². The van der Waals surface area contributed by atoms with Gasteiger partial charge in [-0.1, -0.05) is 89.9 Å². The molecule has 236 valence electrons. The van der Waals surface area contributed by atoms with E-state index in [1.54, 1.807) is 0 Å². The molecule has 1 saturated heterocycles. The molecule has 45 heavy (non-hydrogen) atoms. The van der Waals surface area contributed by atoms with Crippen molar-refractivity contribution < 1.29 is 28.8 Å². The van der Waals surface area contributed by atoms with Crippen molar-refractivity contribution in [2.75, 3.05) is 26.3 Å². The number of carboxylic acid groups (broad SMARTS) is 1. The number of carbonyl (C=O) groups is 1. The van der Waals surface area contributed by atoms with Crippen LogP contribution in [0.3, 0.4) is 0 Å². The van der Waals surface area contributed by atoms with Crippen LogP contribution < -0.4 is 4.74 Å². The molecular weight excluding hydrogens is 613 g/mol. The minimum absolute atomic E-state index is 0.218. The topological polar surface area (TPSA) is 77.5 Å². The van der Waals surface area contributed by atoms with Crippen molar-refractivity contribution in [1.29, 1.82) is 0 Å². The molecule has 2 unspecified atom stereocenters. The summed E-state index contributed by atoms with van der Waals surface area (Å²) >= 11 is 12.1. The van der Waals surface area contributed by atoms with E-state index in [4.69, 9.17) is 42.1 Å². The van der Waals surface area contributed by atoms with E-state index >= 15 is 0 Å². The van der Waals surface area contributed by atoms with Crippen LogP contribution in [0.15, 0.2) is 103 Å². The van der Waals surface area contributed by atoms with Gasteiger partial charge in [0, 0.05) is 22.4 Å². The zero-order valence-electron chi connectivity index (χ0n) is 24.9. The minimum atomic E-state index is -1.01. The molecule has 7 nitrogen and oxygen atoms in total. The average molecular weight is 651 g/mol. The van der Waals surface area contributed by atoms with Crippen molar-refractivity contribution in [2.24, 2.45) is 0 Å². The number of likely N-dealkylation sites (tertiary alicyclic amines) is 1. The summed E-state index contributed by atoms with van der Waals surface area (Å²) in [6, 6.07) is 32.9. The van der Waals surface area contributed by atoms with Gasteiger partial charge in [-0.15, -0.1) is 0 Å². The van der Waals surface area contributed by atoms with Gasteiger partial charge < -0.3 is 29.0 Å². The number of halogens is 2. The minimum Gasteiger partial charge on any atom is -0.494 e. The maximum Gasteiger partial charge on any atom is 0.407 e. The summed E-state index contributed by atoms with van der Waals surface area (Å²) in [5.41, 5.74) is 4.02. The third-order valence-electron chi connectivity index (χ3n) is 7.71. The van der Waals surface area contributed by atoms with Crippen LogP contribution in [0.25, 0.3) is 0 Å². The molecule has 2 atom stereocenters. The number of rotatable bonds is 14. The summed E-state index contributed by atoms with van der Waals surface area (Å²) in [7, 11) is 0. The lowest BCUT2D eigenvalue weighted by atomic mass is 9.84. The Kier molecular flexibility index (Phi) is 12.1. The smallest absolute Gasteiger partial charge is 0.407 e. The highest BCUT2D eigenvalue weighted by molar-refractivity contribution is 6.30. The molecule has 9 heteroatoms. The highest BCUT2D eigenvalue weighted by Crippen LogP contribution is 2.35. The molecule has 5 rings (SSSR count). The monoisotopic (exact) mass is 649 g/mol. The number of amides is 1. The molecule has 1 aliphatic rings. The van der Waals surface area contributed by atoms with E-state index in [9.17, 15) is 9.90 Å². The van der Waals surface area contributed by atoms with Crippen LogP contribution >= 0.6 is 23.2 Å². The average Bonchev–Trinajstić information content (AvgIpc) is 3.06. The molecular formula is C36H37Cl2NO6. The molecule has 0 aliphatic carbocycles. The molecule has 0 radical (unpaired) electrons. The first-order valence-corrected chi connectivity index (χ1v) is 15.7. The van der Waals surface area contributed by atoms with Gasteiger partial charge in [-0.2, -0.15) is 0 Å². The number of hydrogen-bond acceptors (Lipinski definition) is 5. The SMILES string of the molecule is O=C(O)N1CC(OCc2ccc(Cl)cc2)C(c2ccc(OCCCOCc3ccccc3)cc2)C(OCc2ccc(Cl)cc2)C1. The predicted molar refractivity (Wildman–Crippen MR) is 175 cm³/mol. The zero-order valence-corrected chi connectivity index (χ0v) is 26.4. The molecule has 0 saturated carbocycles. The molecule has 1 N–H and O–H groups in total. The lowest BCUT2D eigenvalue weighted by Gasteiger charge is -2.42. The molecule has 0 aromatic heterocycles. The highest BCUT2D eigenvalue weighted by atomic mass is 35.5. The summed E-state index contributed by atoms with van der Waals surface area (Å²) < 4.78 is 24.6. The van der Waals surface area contributed by atoms with Crippen molar-refractivity contribution in [3.63, 3.8) is 0 Å². The van der Waals surface area contributed by atoms with E-state index in [-0.39, 0.29) is 19.0 Å². The second kappa shape index (κ2) is 16.6. The third-order valence-corrected chi connectivity index (χ3v) is 8.21. The van der Waals surface area contributed by atoms with Crippen molar-refractivity contribution in [3.8, 4) is 5.75 Å². The van der Waals surface area contributed by atoms with E-state index in [0.717, 1.165) is 34.4 Å². The molecule has 4 aromatic carbocycles. The van der Waals surface area contributed by atoms with E-state index in [1.807, 2.05) is 103 Å². The lowest BCUT2D eigenvalue weighted by molar-refractivity contribution is -0.0937. The Balaban J connectivity index is 1.26. The summed E-state index contributed by atoms with van der Waals surface area (Å²) in [6.07, 6.45) is -1.14. The molecule has 1 aliphatic heterocycles. The van der Waals surface area contributed by atoms with Gasteiger partial charge in [0.2, 0.25) is 0 Å². The van der Waals surface area contributed by atoms with E-state index in [1.165, 1.54) is 4.90 Å². The Bertz CT molecular complexity index is 1410. The van der Waals surface area contributed by atoms with Crippen LogP contribution in [0.4, 0.5) is 4.79 Å².